The van der Waals surface area contributed by atoms with E-state index in [9.17, 15) is 26.6 Å². The van der Waals surface area contributed by atoms with Gasteiger partial charge in [-0.1, -0.05) is 6.07 Å². The first-order valence-electron chi connectivity index (χ1n) is 11.9. The molecule has 0 atom stereocenters. The van der Waals surface area contributed by atoms with Gasteiger partial charge >= 0.3 is 0 Å². The molecule has 0 spiro atoms. The minimum Gasteiger partial charge on any atom is -0.486 e. The Labute approximate surface area is 230 Å². The fourth-order valence-corrected chi connectivity index (χ4v) is 5.38. The van der Waals surface area contributed by atoms with Crippen LogP contribution in [-0.4, -0.2) is 43.5 Å². The van der Waals surface area contributed by atoms with Gasteiger partial charge in [-0.15, -0.1) is 0 Å². The van der Waals surface area contributed by atoms with Crippen LogP contribution in [0.1, 0.15) is 15.9 Å². The number of aryl methyl sites for hydroxylation is 1. The minimum absolute atomic E-state index is 0.0645. The molecule has 210 valence electrons. The maximum absolute atomic E-state index is 14.2. The van der Waals surface area contributed by atoms with Gasteiger partial charge in [-0.05, 0) is 61.4 Å². The molecular weight excluding hydrogens is 561 g/mol. The molecule has 40 heavy (non-hydrogen) atoms. The zero-order valence-corrected chi connectivity index (χ0v) is 23.8. The summed E-state index contributed by atoms with van der Waals surface area (Å²) in [6, 6.07) is 13.0. The molecule has 0 aliphatic carbocycles. The number of hydrogen-bond acceptors (Lipinski definition) is 6. The van der Waals surface area contributed by atoms with Gasteiger partial charge in [0.25, 0.3) is 5.91 Å². The van der Waals surface area contributed by atoms with Crippen LogP contribution in [0.3, 0.4) is 0 Å². The second-order valence-corrected chi connectivity index (χ2v) is 14.6. The van der Waals surface area contributed by atoms with E-state index in [1.807, 2.05) is 0 Å². The normalized spacial score (nSPS) is 11.8. The number of nitrogens with zero attached hydrogens (tertiary/aromatic N) is 2. The molecule has 9 nitrogen and oxygen atoms in total. The fourth-order valence-electron chi connectivity index (χ4n) is 3.91. The number of halogens is 2. The first-order valence-corrected chi connectivity index (χ1v) is 16.4. The number of ether oxygens (including phenoxy) is 1. The van der Waals surface area contributed by atoms with E-state index >= 15 is 0 Å². The molecule has 2 N–H and O–H groups in total. The highest BCUT2D eigenvalue weighted by Gasteiger charge is 2.19. The molecule has 0 radical (unpaired) electrons. The third-order valence-electron chi connectivity index (χ3n) is 5.71. The van der Waals surface area contributed by atoms with E-state index in [1.54, 1.807) is 48.1 Å². The number of anilines is 2. The van der Waals surface area contributed by atoms with Crippen LogP contribution in [0, 0.1) is 11.6 Å². The first kappa shape index (κ1) is 29.0. The standard InChI is InChI=1S/C27H27F2N4O5PS/c1-33-15-18(27(34)31-21-6-5-7-22(13-21)32-40(4,36)37)10-24(33)26-25(12-20(29)14-30-26)38-16-17-8-19(28)11-23(9-17)39(2,3)35/h5-15,32H,16H2,1-4H3,(H,31,34). The molecule has 4 aromatic rings. The van der Waals surface area contributed by atoms with Gasteiger partial charge in [0.05, 0.1) is 29.4 Å². The van der Waals surface area contributed by atoms with E-state index in [2.05, 4.69) is 15.0 Å². The molecule has 13 heteroatoms. The molecule has 0 saturated heterocycles. The highest BCUT2D eigenvalue weighted by atomic mass is 32.2. The number of carbonyl (C=O) groups is 1. The highest BCUT2D eigenvalue weighted by molar-refractivity contribution is 7.92. The van der Waals surface area contributed by atoms with Crippen molar-refractivity contribution in [3.8, 4) is 17.1 Å². The summed E-state index contributed by atoms with van der Waals surface area (Å²) < 4.78 is 73.5. The molecule has 0 saturated carbocycles. The lowest BCUT2D eigenvalue weighted by molar-refractivity contribution is 0.102. The number of carbonyl (C=O) groups excluding carboxylic acids is 1. The SMILES string of the molecule is Cn1cc(C(=O)Nc2cccc(NS(C)(=O)=O)c2)cc1-c1ncc(F)cc1OCc1cc(F)cc(P(C)(C)=O)c1. The molecule has 1 amide bonds. The number of aromatic nitrogens is 2. The van der Waals surface area contributed by atoms with Crippen molar-refractivity contribution in [2.75, 3.05) is 29.6 Å². The molecule has 0 unspecified atom stereocenters. The van der Waals surface area contributed by atoms with Gasteiger partial charge in [0.2, 0.25) is 10.0 Å². The number of rotatable bonds is 9. The quantitative estimate of drug-likeness (QED) is 0.271. The molecule has 4 rings (SSSR count). The van der Waals surface area contributed by atoms with Crippen molar-refractivity contribution in [3.05, 3.63) is 89.8 Å². The zero-order valence-electron chi connectivity index (χ0n) is 22.1. The molecule has 2 aromatic carbocycles. The van der Waals surface area contributed by atoms with E-state index in [0.717, 1.165) is 18.5 Å². The first-order chi connectivity index (χ1) is 18.7. The lowest BCUT2D eigenvalue weighted by Gasteiger charge is -2.13. The summed E-state index contributed by atoms with van der Waals surface area (Å²) in [6.07, 6.45) is 3.59. The summed E-state index contributed by atoms with van der Waals surface area (Å²) >= 11 is 0. The van der Waals surface area contributed by atoms with Crippen molar-refractivity contribution in [1.82, 2.24) is 9.55 Å². The lowest BCUT2D eigenvalue weighted by Crippen LogP contribution is -2.12. The molecule has 0 bridgehead atoms. The van der Waals surface area contributed by atoms with Crippen LogP contribution >= 0.6 is 7.14 Å². The Morgan fingerprint density at radius 2 is 1.77 bits per heavy atom. The number of sulfonamides is 1. The number of amides is 1. The van der Waals surface area contributed by atoms with Gasteiger partial charge in [-0.3, -0.25) is 9.52 Å². The molecular formula is C27H27F2N4O5PS. The van der Waals surface area contributed by atoms with E-state index in [1.165, 1.54) is 31.5 Å². The highest BCUT2D eigenvalue weighted by Crippen LogP contribution is 2.35. The predicted octanol–water partition coefficient (Wildman–Crippen LogP) is 4.82. The van der Waals surface area contributed by atoms with E-state index in [-0.39, 0.29) is 29.3 Å². The maximum atomic E-state index is 14.2. The summed E-state index contributed by atoms with van der Waals surface area (Å²) in [5.74, 6) is -1.62. The van der Waals surface area contributed by atoms with Gasteiger partial charge in [-0.25, -0.2) is 22.2 Å². The molecule has 0 fully saturated rings. The van der Waals surface area contributed by atoms with E-state index in [4.69, 9.17) is 4.74 Å². The van der Waals surface area contributed by atoms with Gasteiger partial charge in [-0.2, -0.15) is 0 Å². The molecule has 0 aliphatic rings. The van der Waals surface area contributed by atoms with Crippen molar-refractivity contribution in [1.29, 1.82) is 0 Å². The van der Waals surface area contributed by atoms with Gasteiger partial charge in [0.15, 0.2) is 5.75 Å². The average molecular weight is 589 g/mol. The van der Waals surface area contributed by atoms with Crippen molar-refractivity contribution in [3.63, 3.8) is 0 Å². The lowest BCUT2D eigenvalue weighted by atomic mass is 10.2. The second-order valence-electron chi connectivity index (χ2n) is 9.59. The summed E-state index contributed by atoms with van der Waals surface area (Å²) in [5, 5.41) is 3.07. The van der Waals surface area contributed by atoms with E-state index < -0.39 is 34.7 Å². The van der Waals surface area contributed by atoms with Crippen molar-refractivity contribution < 1.29 is 31.3 Å². The third-order valence-corrected chi connectivity index (χ3v) is 7.82. The summed E-state index contributed by atoms with van der Waals surface area (Å²) in [4.78, 5) is 17.1. The predicted molar refractivity (Wildman–Crippen MR) is 151 cm³/mol. The Morgan fingerprint density at radius 1 is 1.05 bits per heavy atom. The number of nitrogens with one attached hydrogen (secondary N) is 2. The zero-order chi connectivity index (χ0) is 29.2. The summed E-state index contributed by atoms with van der Waals surface area (Å²) in [7, 11) is -4.54. The second kappa shape index (κ2) is 11.2. The maximum Gasteiger partial charge on any atom is 0.257 e. The Bertz CT molecular complexity index is 1750. The van der Waals surface area contributed by atoms with Crippen LogP contribution in [0.2, 0.25) is 0 Å². The summed E-state index contributed by atoms with van der Waals surface area (Å²) in [6.45, 7) is 2.93. The Morgan fingerprint density at radius 3 is 2.48 bits per heavy atom. The molecule has 2 aromatic heterocycles. The van der Waals surface area contributed by atoms with Gasteiger partial charge in [0, 0.05) is 30.3 Å². The molecule has 0 aliphatic heterocycles. The Hall–Kier alpha value is -4.02. The largest absolute Gasteiger partial charge is 0.486 e. The van der Waals surface area contributed by atoms with Gasteiger partial charge < -0.3 is 19.2 Å². The van der Waals surface area contributed by atoms with Crippen molar-refractivity contribution >= 4 is 39.8 Å². The van der Waals surface area contributed by atoms with Crippen LogP contribution in [0.25, 0.3) is 11.4 Å². The van der Waals surface area contributed by atoms with Crippen LogP contribution < -0.4 is 20.1 Å². The van der Waals surface area contributed by atoms with E-state index in [0.29, 0.717) is 22.2 Å². The van der Waals surface area contributed by atoms with Gasteiger partial charge in [0.1, 0.15) is 31.1 Å². The Kier molecular flexibility index (Phi) is 8.13. The smallest absolute Gasteiger partial charge is 0.257 e. The fraction of sp³-hybridized carbons (Fsp3) is 0.185. The third kappa shape index (κ3) is 7.34. The van der Waals surface area contributed by atoms with Crippen molar-refractivity contribution in [2.24, 2.45) is 7.05 Å². The number of hydrogen-bond donors (Lipinski definition) is 2. The van der Waals surface area contributed by atoms with Crippen molar-refractivity contribution in [2.45, 2.75) is 6.61 Å². The summed E-state index contributed by atoms with van der Waals surface area (Å²) in [5.41, 5.74) is 2.01. The van der Waals surface area contributed by atoms with Crippen LogP contribution in [0.4, 0.5) is 20.2 Å². The van der Waals surface area contributed by atoms with Crippen LogP contribution in [0.5, 0.6) is 5.75 Å². The number of pyridine rings is 1. The number of benzene rings is 2. The molecule has 2 heterocycles. The van der Waals surface area contributed by atoms with Crippen LogP contribution in [-0.2, 0) is 28.2 Å². The van der Waals surface area contributed by atoms with Crippen LogP contribution in [0.15, 0.2) is 67.0 Å². The topological polar surface area (TPSA) is 119 Å². The average Bonchev–Trinajstić information content (AvgIpc) is 3.22. The minimum atomic E-state index is -3.49. The monoisotopic (exact) mass is 588 g/mol. The Balaban J connectivity index is 1.58.